The number of aromatic nitrogens is 1. The Labute approximate surface area is 201 Å². The molecule has 2 aromatic rings. The zero-order valence-corrected chi connectivity index (χ0v) is 21.0. The fourth-order valence-corrected chi connectivity index (χ4v) is 3.95. The number of fused-ring (bicyclic) bond motifs is 1. The number of rotatable bonds is 10. The summed E-state index contributed by atoms with van der Waals surface area (Å²) in [6.07, 6.45) is 3.57. The quantitative estimate of drug-likeness (QED) is 0.158. The average Bonchev–Trinajstić information content (AvgIpc) is 3.39. The number of hydrogen-bond donors (Lipinski definition) is 4. The third-order valence-corrected chi connectivity index (χ3v) is 5.78. The molecule has 1 aliphatic heterocycles. The van der Waals surface area contributed by atoms with Crippen LogP contribution >= 0.6 is 24.0 Å². The number of benzene rings is 1. The van der Waals surface area contributed by atoms with Crippen LogP contribution in [0.1, 0.15) is 25.0 Å². The Bertz CT molecular complexity index is 849. The fraction of sp³-hybridized carbons (Fsp3) is 0.591. The summed E-state index contributed by atoms with van der Waals surface area (Å²) in [5.41, 5.74) is 2.17. The van der Waals surface area contributed by atoms with Gasteiger partial charge in [-0.05, 0) is 31.7 Å². The van der Waals surface area contributed by atoms with Crippen LogP contribution in [-0.4, -0.2) is 70.2 Å². The molecular formula is C22H35IN4O4. The smallest absolute Gasteiger partial charge is 0.190 e. The number of methoxy groups -OCH3 is 2. The van der Waals surface area contributed by atoms with Gasteiger partial charge in [0.15, 0.2) is 5.96 Å². The van der Waals surface area contributed by atoms with Crippen molar-refractivity contribution in [2.45, 2.75) is 25.7 Å². The predicted octanol–water partition coefficient (Wildman–Crippen LogP) is 2.69. The van der Waals surface area contributed by atoms with Crippen molar-refractivity contribution in [1.29, 1.82) is 0 Å². The maximum absolute atomic E-state index is 9.36. The van der Waals surface area contributed by atoms with Crippen LogP contribution < -0.4 is 20.1 Å². The highest BCUT2D eigenvalue weighted by Gasteiger charge is 2.34. The van der Waals surface area contributed by atoms with Gasteiger partial charge in [-0.3, -0.25) is 4.99 Å². The number of H-pyrrole nitrogens is 1. The van der Waals surface area contributed by atoms with Gasteiger partial charge in [-0.2, -0.15) is 0 Å². The molecule has 0 bridgehead atoms. The first-order valence-electron chi connectivity index (χ1n) is 10.5. The number of aryl methyl sites for hydroxylation is 1. The number of hydrogen-bond acceptors (Lipinski definition) is 5. The van der Waals surface area contributed by atoms with E-state index in [1.54, 1.807) is 21.3 Å². The van der Waals surface area contributed by atoms with E-state index in [0.717, 1.165) is 79.4 Å². The van der Waals surface area contributed by atoms with Crippen LogP contribution in [0.15, 0.2) is 23.2 Å². The number of nitrogens with one attached hydrogen (secondary N) is 3. The molecule has 174 valence electrons. The summed E-state index contributed by atoms with van der Waals surface area (Å²) < 4.78 is 16.4. The topological polar surface area (TPSA) is 100 Å². The lowest BCUT2D eigenvalue weighted by Crippen LogP contribution is -2.44. The van der Waals surface area contributed by atoms with Gasteiger partial charge in [0.05, 0.1) is 26.3 Å². The first-order valence-corrected chi connectivity index (χ1v) is 10.5. The van der Waals surface area contributed by atoms with E-state index >= 15 is 0 Å². The molecule has 1 saturated heterocycles. The van der Waals surface area contributed by atoms with E-state index in [4.69, 9.17) is 14.2 Å². The lowest BCUT2D eigenvalue weighted by atomic mass is 9.84. The first kappa shape index (κ1) is 25.5. The van der Waals surface area contributed by atoms with Gasteiger partial charge in [0.1, 0.15) is 11.5 Å². The largest absolute Gasteiger partial charge is 0.497 e. The molecule has 1 aromatic carbocycles. The maximum atomic E-state index is 9.36. The highest BCUT2D eigenvalue weighted by Crippen LogP contribution is 2.32. The fourth-order valence-electron chi connectivity index (χ4n) is 3.95. The normalized spacial score (nSPS) is 18.6. The van der Waals surface area contributed by atoms with Crippen molar-refractivity contribution in [3.8, 4) is 11.5 Å². The van der Waals surface area contributed by atoms with Gasteiger partial charge < -0.3 is 34.9 Å². The molecule has 1 aliphatic rings. The summed E-state index contributed by atoms with van der Waals surface area (Å²) in [6, 6.07) is 6.02. The molecule has 1 fully saturated rings. The van der Waals surface area contributed by atoms with Gasteiger partial charge in [0, 0.05) is 62.0 Å². The predicted molar refractivity (Wildman–Crippen MR) is 134 cm³/mol. The van der Waals surface area contributed by atoms with E-state index < -0.39 is 0 Å². The Kier molecular flexibility index (Phi) is 10.2. The molecule has 1 unspecified atom stereocenters. The summed E-state index contributed by atoms with van der Waals surface area (Å²) in [5.74, 6) is 2.36. The van der Waals surface area contributed by atoms with Gasteiger partial charge in [0.2, 0.25) is 0 Å². The summed E-state index contributed by atoms with van der Waals surface area (Å²) in [5, 5.41) is 17.2. The van der Waals surface area contributed by atoms with Crippen LogP contribution in [0, 0.1) is 5.41 Å². The number of aliphatic hydroxyl groups is 1. The zero-order valence-electron chi connectivity index (χ0n) is 18.6. The highest BCUT2D eigenvalue weighted by molar-refractivity contribution is 14.0. The Balaban J connectivity index is 0.00000341. The minimum atomic E-state index is -0.00314. The van der Waals surface area contributed by atoms with Gasteiger partial charge in [0.25, 0.3) is 0 Å². The van der Waals surface area contributed by atoms with Crippen molar-refractivity contribution in [3.63, 3.8) is 0 Å². The molecule has 1 aromatic heterocycles. The molecule has 31 heavy (non-hydrogen) atoms. The summed E-state index contributed by atoms with van der Waals surface area (Å²) >= 11 is 0. The summed E-state index contributed by atoms with van der Waals surface area (Å²) in [7, 11) is 5.10. The number of ether oxygens (including phenoxy) is 3. The second-order valence-electron chi connectivity index (χ2n) is 7.82. The Morgan fingerprint density at radius 3 is 2.74 bits per heavy atom. The molecule has 8 nitrogen and oxygen atoms in total. The van der Waals surface area contributed by atoms with Crippen LogP contribution in [-0.2, 0) is 11.2 Å². The van der Waals surface area contributed by atoms with E-state index in [0.29, 0.717) is 6.61 Å². The molecule has 0 amide bonds. The van der Waals surface area contributed by atoms with Crippen LogP contribution in [0.25, 0.3) is 10.9 Å². The summed E-state index contributed by atoms with van der Waals surface area (Å²) in [6.45, 7) is 3.18. The van der Waals surface area contributed by atoms with Crippen LogP contribution in [0.3, 0.4) is 0 Å². The lowest BCUT2D eigenvalue weighted by Gasteiger charge is -2.27. The van der Waals surface area contributed by atoms with Crippen molar-refractivity contribution in [2.24, 2.45) is 10.4 Å². The number of aromatic amines is 1. The van der Waals surface area contributed by atoms with Crippen molar-refractivity contribution in [2.75, 3.05) is 54.2 Å². The van der Waals surface area contributed by atoms with Crippen LogP contribution in [0.5, 0.6) is 11.5 Å². The Hall–Kier alpha value is -1.72. The molecule has 1 atom stereocenters. The molecule has 9 heteroatoms. The van der Waals surface area contributed by atoms with Crippen molar-refractivity contribution in [3.05, 3.63) is 23.9 Å². The van der Waals surface area contributed by atoms with Crippen molar-refractivity contribution in [1.82, 2.24) is 15.6 Å². The standard InChI is InChI=1S/C22H34N4O4.HI/c1-23-21(25-14-22(6-9-27)7-10-30-15-22)24-8-4-5-16-11-18-19(26-16)12-17(28-2)13-20(18)29-3;/h11-13,26-27H,4-10,14-15H2,1-3H3,(H2,23,24,25);1H. The molecule has 0 aliphatic carbocycles. The minimum Gasteiger partial charge on any atom is -0.497 e. The number of aliphatic hydroxyl groups excluding tert-OH is 1. The van der Waals surface area contributed by atoms with Crippen LogP contribution in [0.4, 0.5) is 0 Å². The van der Waals surface area contributed by atoms with Gasteiger partial charge in [-0.25, -0.2) is 0 Å². The molecule has 2 heterocycles. The van der Waals surface area contributed by atoms with E-state index in [1.807, 2.05) is 12.1 Å². The van der Waals surface area contributed by atoms with E-state index in [9.17, 15) is 5.11 Å². The van der Waals surface area contributed by atoms with Crippen molar-refractivity contribution < 1.29 is 19.3 Å². The number of guanidine groups is 1. The number of aliphatic imine (C=N–C) groups is 1. The molecule has 0 spiro atoms. The number of nitrogens with zero attached hydrogens (tertiary/aromatic N) is 1. The molecule has 0 saturated carbocycles. The van der Waals surface area contributed by atoms with E-state index in [2.05, 4.69) is 26.7 Å². The monoisotopic (exact) mass is 546 g/mol. The zero-order chi connectivity index (χ0) is 21.4. The van der Waals surface area contributed by atoms with E-state index in [1.165, 1.54) is 0 Å². The SMILES string of the molecule is CN=C(NCCCc1cc2c(OC)cc(OC)cc2[nH]1)NCC1(CCO)CCOC1.I. The third-order valence-electron chi connectivity index (χ3n) is 5.78. The van der Waals surface area contributed by atoms with Crippen LogP contribution in [0.2, 0.25) is 0 Å². The average molecular weight is 546 g/mol. The van der Waals surface area contributed by atoms with Gasteiger partial charge in [-0.1, -0.05) is 0 Å². The number of halogens is 1. The lowest BCUT2D eigenvalue weighted by molar-refractivity contribution is 0.127. The summed E-state index contributed by atoms with van der Waals surface area (Å²) in [4.78, 5) is 7.77. The van der Waals surface area contributed by atoms with Crippen molar-refractivity contribution >= 4 is 40.8 Å². The second-order valence-corrected chi connectivity index (χ2v) is 7.82. The Morgan fingerprint density at radius 2 is 2.10 bits per heavy atom. The molecule has 3 rings (SSSR count). The highest BCUT2D eigenvalue weighted by atomic mass is 127. The molecule has 0 radical (unpaired) electrons. The third kappa shape index (κ3) is 6.63. The maximum Gasteiger partial charge on any atom is 0.190 e. The van der Waals surface area contributed by atoms with Gasteiger partial charge in [-0.15, -0.1) is 24.0 Å². The minimum absolute atomic E-state index is 0. The molecule has 4 N–H and O–H groups in total. The first-order chi connectivity index (χ1) is 14.6. The van der Waals surface area contributed by atoms with Gasteiger partial charge >= 0.3 is 0 Å². The molecular weight excluding hydrogens is 511 g/mol. The second kappa shape index (κ2) is 12.4. The Morgan fingerprint density at radius 1 is 1.26 bits per heavy atom. The van der Waals surface area contributed by atoms with E-state index in [-0.39, 0.29) is 36.0 Å².